The van der Waals surface area contributed by atoms with E-state index in [1.807, 2.05) is 0 Å². The largest absolute Gasteiger partial charge is 1.00 e. The Morgan fingerprint density at radius 1 is 1.33 bits per heavy atom. The molecule has 0 fully saturated rings. The first-order valence-corrected chi connectivity index (χ1v) is 4.99. The van der Waals surface area contributed by atoms with Gasteiger partial charge in [-0.25, -0.2) is 0 Å². The number of carbonyl (C=O) groups is 1. The van der Waals surface area contributed by atoms with Gasteiger partial charge in [-0.2, -0.15) is 0 Å². The van der Waals surface area contributed by atoms with Crippen molar-refractivity contribution >= 4 is 33.0 Å². The third kappa shape index (κ3) is 5.43. The molecule has 0 spiro atoms. The predicted molar refractivity (Wildman–Crippen MR) is 45.7 cm³/mol. The molecule has 0 bridgehead atoms. The van der Waals surface area contributed by atoms with Crippen molar-refractivity contribution < 1.29 is 77.8 Å². The molecule has 0 heterocycles. The fraction of sp³-hybridized carbons (Fsp3) is 0. The summed E-state index contributed by atoms with van der Waals surface area (Å²) in [5.41, 5.74) is -0.164. The maximum absolute atomic E-state index is 10.6. The molecular formula is C7H3BrNa2O4S. The molecule has 8 heteroatoms. The van der Waals surface area contributed by atoms with E-state index < -0.39 is 17.0 Å². The second-order valence-electron chi connectivity index (χ2n) is 2.17. The van der Waals surface area contributed by atoms with Gasteiger partial charge in [0.05, 0.1) is 5.97 Å². The molecule has 70 valence electrons. The number of carboxylic acids is 1. The Hall–Kier alpha value is 1.28. The van der Waals surface area contributed by atoms with E-state index >= 15 is 0 Å². The zero-order valence-electron chi connectivity index (χ0n) is 8.15. The van der Waals surface area contributed by atoms with Crippen molar-refractivity contribution in [3.05, 3.63) is 28.2 Å². The maximum atomic E-state index is 10.6. The standard InChI is InChI=1S/C7H5BrO4S.2Na/c8-5-2-1-4(7(9)10)3-6(5)13(11)12;;/h1-3H,(H,9,10)(H,11,12);;/q;2*+1/p-2. The van der Waals surface area contributed by atoms with Crippen LogP contribution in [-0.2, 0) is 11.1 Å². The SMILES string of the molecule is O=C([O-])c1ccc(Br)c(S(=O)[O-])c1.[Na+].[Na+]. The molecule has 0 saturated heterocycles. The number of rotatable bonds is 2. The third-order valence-electron chi connectivity index (χ3n) is 1.35. The zero-order chi connectivity index (χ0) is 10.0. The topological polar surface area (TPSA) is 80.3 Å². The first-order valence-electron chi connectivity index (χ1n) is 3.12. The molecular weight excluding hydrogens is 306 g/mol. The smallest absolute Gasteiger partial charge is 0.768 e. The second-order valence-corrected chi connectivity index (χ2v) is 3.93. The average Bonchev–Trinajstić information content (AvgIpc) is 2.04. The quantitative estimate of drug-likeness (QED) is 0.402. The maximum Gasteiger partial charge on any atom is 1.00 e. The molecule has 0 aromatic heterocycles. The van der Waals surface area contributed by atoms with Crippen LogP contribution in [0.25, 0.3) is 0 Å². The molecule has 1 rings (SSSR count). The number of halogens is 1. The fourth-order valence-corrected chi connectivity index (χ4v) is 1.85. The first kappa shape index (κ1) is 18.6. The van der Waals surface area contributed by atoms with Crippen molar-refractivity contribution in [1.82, 2.24) is 0 Å². The molecule has 0 aliphatic heterocycles. The van der Waals surface area contributed by atoms with E-state index in [9.17, 15) is 18.7 Å². The van der Waals surface area contributed by atoms with E-state index in [-0.39, 0.29) is 69.6 Å². The van der Waals surface area contributed by atoms with Crippen molar-refractivity contribution in [2.24, 2.45) is 0 Å². The van der Waals surface area contributed by atoms with Gasteiger partial charge in [0.15, 0.2) is 0 Å². The van der Waals surface area contributed by atoms with Gasteiger partial charge in [0.25, 0.3) is 0 Å². The minimum Gasteiger partial charge on any atom is -0.768 e. The van der Waals surface area contributed by atoms with Gasteiger partial charge in [-0.1, -0.05) is 6.07 Å². The van der Waals surface area contributed by atoms with Crippen LogP contribution in [0.5, 0.6) is 0 Å². The summed E-state index contributed by atoms with van der Waals surface area (Å²) < 4.78 is 21.4. The van der Waals surface area contributed by atoms with Crippen LogP contribution >= 0.6 is 15.9 Å². The summed E-state index contributed by atoms with van der Waals surface area (Å²) in [6.45, 7) is 0. The monoisotopic (exact) mass is 308 g/mol. The Balaban J connectivity index is 0. The van der Waals surface area contributed by atoms with Gasteiger partial charge in [0.2, 0.25) is 0 Å². The van der Waals surface area contributed by atoms with Crippen molar-refractivity contribution in [1.29, 1.82) is 0 Å². The van der Waals surface area contributed by atoms with E-state index in [1.165, 1.54) is 12.1 Å². The average molecular weight is 309 g/mol. The van der Waals surface area contributed by atoms with E-state index in [0.717, 1.165) is 6.07 Å². The van der Waals surface area contributed by atoms with Crippen LogP contribution in [-0.4, -0.2) is 14.7 Å². The molecule has 0 radical (unpaired) electrons. The van der Waals surface area contributed by atoms with Crippen molar-refractivity contribution in [3.8, 4) is 0 Å². The van der Waals surface area contributed by atoms with Crippen molar-refractivity contribution in [2.45, 2.75) is 4.90 Å². The Labute approximate surface area is 142 Å². The summed E-state index contributed by atoms with van der Waals surface area (Å²) in [6, 6.07) is 3.63. The van der Waals surface area contributed by atoms with E-state index in [4.69, 9.17) is 0 Å². The molecule has 1 aromatic rings. The van der Waals surface area contributed by atoms with Crippen LogP contribution < -0.4 is 64.2 Å². The first-order chi connectivity index (χ1) is 6.02. The minimum absolute atomic E-state index is 0. The Morgan fingerprint density at radius 2 is 1.87 bits per heavy atom. The minimum atomic E-state index is -2.46. The van der Waals surface area contributed by atoms with Gasteiger partial charge in [-0.3, -0.25) is 4.21 Å². The van der Waals surface area contributed by atoms with Gasteiger partial charge in [0.1, 0.15) is 0 Å². The van der Waals surface area contributed by atoms with Gasteiger partial charge in [-0.05, 0) is 44.7 Å². The van der Waals surface area contributed by atoms with Crippen LogP contribution in [0, 0.1) is 0 Å². The van der Waals surface area contributed by atoms with Crippen LogP contribution in [0.15, 0.2) is 27.6 Å². The molecule has 0 N–H and O–H groups in total. The Kier molecular flexibility index (Phi) is 10.4. The van der Waals surface area contributed by atoms with Crippen molar-refractivity contribution in [3.63, 3.8) is 0 Å². The molecule has 0 aliphatic carbocycles. The molecule has 1 aromatic carbocycles. The van der Waals surface area contributed by atoms with E-state index in [0.29, 0.717) is 4.47 Å². The summed E-state index contributed by atoms with van der Waals surface area (Å²) in [5.74, 6) is -1.40. The van der Waals surface area contributed by atoms with Crippen LogP contribution in [0.1, 0.15) is 10.4 Å². The second kappa shape index (κ2) is 8.38. The number of aromatic carboxylic acids is 1. The molecule has 1 unspecified atom stereocenters. The zero-order valence-corrected chi connectivity index (χ0v) is 14.6. The van der Waals surface area contributed by atoms with Crippen LogP contribution in [0.4, 0.5) is 0 Å². The number of benzene rings is 1. The summed E-state index contributed by atoms with van der Waals surface area (Å²) in [7, 11) is 0. The fourth-order valence-electron chi connectivity index (χ4n) is 0.758. The number of hydrogen-bond acceptors (Lipinski definition) is 4. The summed E-state index contributed by atoms with van der Waals surface area (Å²) in [6.07, 6.45) is 0. The van der Waals surface area contributed by atoms with Gasteiger partial charge < -0.3 is 14.5 Å². The van der Waals surface area contributed by atoms with Gasteiger partial charge >= 0.3 is 59.1 Å². The molecule has 0 aliphatic rings. The summed E-state index contributed by atoms with van der Waals surface area (Å²) in [5, 5.41) is 10.4. The summed E-state index contributed by atoms with van der Waals surface area (Å²) >= 11 is 0.518. The molecule has 4 nitrogen and oxygen atoms in total. The Morgan fingerprint density at radius 3 is 2.27 bits per heavy atom. The van der Waals surface area contributed by atoms with Crippen LogP contribution in [0.3, 0.4) is 0 Å². The molecule has 15 heavy (non-hydrogen) atoms. The van der Waals surface area contributed by atoms with Gasteiger partial charge in [-0.15, -0.1) is 0 Å². The third-order valence-corrected chi connectivity index (χ3v) is 3.00. The molecule has 1 atom stereocenters. The number of carbonyl (C=O) groups excluding carboxylic acids is 1. The normalized spacial score (nSPS) is 10.8. The number of hydrogen-bond donors (Lipinski definition) is 0. The van der Waals surface area contributed by atoms with Gasteiger partial charge in [0, 0.05) is 9.37 Å². The van der Waals surface area contributed by atoms with E-state index in [2.05, 4.69) is 15.9 Å². The molecule has 0 saturated carbocycles. The number of carboxylic acid groups (broad SMARTS) is 1. The summed E-state index contributed by atoms with van der Waals surface area (Å²) in [4.78, 5) is 10.3. The predicted octanol–water partition coefficient (Wildman–Crippen LogP) is -5.94. The van der Waals surface area contributed by atoms with Crippen LogP contribution in [0.2, 0.25) is 0 Å². The van der Waals surface area contributed by atoms with Crippen molar-refractivity contribution in [2.75, 3.05) is 0 Å². The molecule has 0 amide bonds. The van der Waals surface area contributed by atoms with E-state index in [1.54, 1.807) is 0 Å². The Bertz CT molecular complexity index is 385.